The van der Waals surface area contributed by atoms with Crippen LogP contribution >= 0.6 is 11.6 Å². The minimum absolute atomic E-state index is 0.0635. The van der Waals surface area contributed by atoms with Crippen LogP contribution in [0.1, 0.15) is 26.3 Å². The molecule has 2 atom stereocenters. The minimum Gasteiger partial charge on any atom is -0.508 e. The maximum absolute atomic E-state index is 12.7. The van der Waals surface area contributed by atoms with Crippen LogP contribution in [0.25, 0.3) is 0 Å². The quantitative estimate of drug-likeness (QED) is 0.277. The lowest BCUT2D eigenvalue weighted by molar-refractivity contribution is -0.139. The number of phenolic OH excluding ortho intramolecular Hbond substituents is 1. The first kappa shape index (κ1) is 28.5. The maximum atomic E-state index is 12.7. The Kier molecular flexibility index (Phi) is 9.83. The highest BCUT2D eigenvalue weighted by Gasteiger charge is 2.23. The molecule has 200 valence electrons. The van der Waals surface area contributed by atoms with Gasteiger partial charge >= 0.3 is 12.0 Å². The summed E-state index contributed by atoms with van der Waals surface area (Å²) in [6.45, 7) is -0.277. The molecule has 3 rings (SSSR count). The van der Waals surface area contributed by atoms with Crippen LogP contribution < -0.4 is 21.3 Å². The molecule has 39 heavy (non-hydrogen) atoms. The van der Waals surface area contributed by atoms with Crippen LogP contribution in [0.3, 0.4) is 0 Å². The van der Waals surface area contributed by atoms with Gasteiger partial charge in [-0.25, -0.2) is 9.59 Å². The van der Waals surface area contributed by atoms with E-state index in [4.69, 9.17) is 16.9 Å². The van der Waals surface area contributed by atoms with Gasteiger partial charge in [-0.3, -0.25) is 9.59 Å². The van der Waals surface area contributed by atoms with E-state index >= 15 is 0 Å². The molecule has 0 saturated heterocycles. The highest BCUT2D eigenvalue weighted by Crippen LogP contribution is 2.19. The average Bonchev–Trinajstić information content (AvgIpc) is 3.14. The number of carboxylic acids is 1. The molecule has 0 aromatic heterocycles. The number of carbonyl (C=O) groups excluding carboxylic acids is 3. The Morgan fingerprint density at radius 3 is 2.54 bits per heavy atom. The molecular weight excluding hydrogens is 526 g/mol. The Balaban J connectivity index is 1.55. The number of benzene rings is 2. The Bertz CT molecular complexity index is 1410. The van der Waals surface area contributed by atoms with Crippen molar-refractivity contribution in [2.45, 2.75) is 18.6 Å². The number of aliphatic carboxylic acids is 1. The number of rotatable bonds is 9. The third kappa shape index (κ3) is 8.48. The number of carboxylic acid groups (broad SMARTS) is 1. The summed E-state index contributed by atoms with van der Waals surface area (Å²) in [4.78, 5) is 49.1. The standard InChI is InChI=1S/C27H24ClN5O6/c28-22-12-18(24(35)30-14-17-4-2-6-20(34)11-17)8-10-21(22)25(36)33-23(26(37)38)15-31-27(39)32-19-5-1-3-16(13-29)7-9-19/h1-12,19,23,34H,14-15H2,(H,30,35)(H,33,36)(H,37,38)(H2,31,32,39)/t19?,23-/m0/s1. The third-order valence-corrected chi connectivity index (χ3v) is 5.73. The second-order valence-corrected chi connectivity index (χ2v) is 8.68. The molecule has 0 radical (unpaired) electrons. The number of amides is 4. The van der Waals surface area contributed by atoms with Gasteiger partial charge in [0.15, 0.2) is 0 Å². The van der Waals surface area contributed by atoms with Crippen molar-refractivity contribution in [2.75, 3.05) is 6.54 Å². The van der Waals surface area contributed by atoms with E-state index in [0.717, 1.165) is 0 Å². The van der Waals surface area contributed by atoms with Crippen LogP contribution in [-0.4, -0.2) is 52.7 Å². The topological polar surface area (TPSA) is 181 Å². The largest absolute Gasteiger partial charge is 0.508 e. The van der Waals surface area contributed by atoms with Crippen molar-refractivity contribution in [3.8, 4) is 11.8 Å². The highest BCUT2D eigenvalue weighted by molar-refractivity contribution is 6.34. The maximum Gasteiger partial charge on any atom is 0.328 e. The van der Waals surface area contributed by atoms with Crippen molar-refractivity contribution in [3.63, 3.8) is 0 Å². The summed E-state index contributed by atoms with van der Waals surface area (Å²) in [5, 5.41) is 37.8. The fourth-order valence-corrected chi connectivity index (χ4v) is 3.67. The van der Waals surface area contributed by atoms with Crippen LogP contribution in [0.5, 0.6) is 5.75 Å². The van der Waals surface area contributed by atoms with Crippen molar-refractivity contribution in [1.82, 2.24) is 21.3 Å². The number of phenols is 1. The van der Waals surface area contributed by atoms with Gasteiger partial charge in [-0.1, -0.05) is 42.0 Å². The number of allylic oxidation sites excluding steroid dienone is 4. The first-order valence-electron chi connectivity index (χ1n) is 11.6. The molecule has 0 bridgehead atoms. The summed E-state index contributed by atoms with van der Waals surface area (Å²) in [7, 11) is 0. The second-order valence-electron chi connectivity index (χ2n) is 8.27. The number of carbonyl (C=O) groups is 4. The second kappa shape index (κ2) is 13.5. The average molecular weight is 550 g/mol. The first-order chi connectivity index (χ1) is 18.7. The summed E-state index contributed by atoms with van der Waals surface area (Å²) in [5.41, 5.74) is 1.19. The van der Waals surface area contributed by atoms with E-state index in [9.17, 15) is 29.4 Å². The molecule has 0 spiro atoms. The Morgan fingerprint density at radius 1 is 1.05 bits per heavy atom. The van der Waals surface area contributed by atoms with Crippen LogP contribution in [0.4, 0.5) is 4.79 Å². The van der Waals surface area contributed by atoms with Gasteiger partial charge in [0.1, 0.15) is 11.8 Å². The van der Waals surface area contributed by atoms with Gasteiger partial charge in [0.2, 0.25) is 0 Å². The van der Waals surface area contributed by atoms with E-state index in [1.165, 1.54) is 30.3 Å². The van der Waals surface area contributed by atoms with Crippen LogP contribution in [0, 0.1) is 11.3 Å². The molecular formula is C27H24ClN5O6. The zero-order valence-electron chi connectivity index (χ0n) is 20.3. The normalized spacial score (nSPS) is 14.7. The fraction of sp³-hybridized carbons (Fsp3) is 0.148. The van der Waals surface area contributed by atoms with Crippen LogP contribution in [0.15, 0.2) is 78.4 Å². The summed E-state index contributed by atoms with van der Waals surface area (Å²) in [5.74, 6) is -2.60. The van der Waals surface area contributed by atoms with E-state index in [1.54, 1.807) is 42.5 Å². The number of nitrogens with zero attached hydrogens (tertiary/aromatic N) is 1. The Labute approximate surface area is 228 Å². The van der Waals surface area contributed by atoms with Crippen molar-refractivity contribution in [1.29, 1.82) is 5.26 Å². The minimum atomic E-state index is -1.48. The smallest absolute Gasteiger partial charge is 0.328 e. The van der Waals surface area contributed by atoms with Crippen molar-refractivity contribution in [2.24, 2.45) is 0 Å². The van der Waals surface area contributed by atoms with Crippen molar-refractivity contribution in [3.05, 3.63) is 100 Å². The van der Waals surface area contributed by atoms with Crippen molar-refractivity contribution >= 4 is 35.4 Å². The van der Waals surface area contributed by atoms with E-state index in [0.29, 0.717) is 11.1 Å². The molecule has 0 saturated carbocycles. The number of aromatic hydroxyl groups is 1. The molecule has 2 aromatic rings. The number of urea groups is 1. The summed E-state index contributed by atoms with van der Waals surface area (Å²) in [6, 6.07) is 9.60. The predicted molar refractivity (Wildman–Crippen MR) is 142 cm³/mol. The summed E-state index contributed by atoms with van der Waals surface area (Å²) >= 11 is 6.20. The monoisotopic (exact) mass is 549 g/mol. The zero-order chi connectivity index (χ0) is 28.4. The number of nitrogens with one attached hydrogen (secondary N) is 4. The summed E-state index contributed by atoms with van der Waals surface area (Å²) < 4.78 is 0. The first-order valence-corrected chi connectivity index (χ1v) is 11.9. The molecule has 11 nitrogen and oxygen atoms in total. The molecule has 1 unspecified atom stereocenters. The third-order valence-electron chi connectivity index (χ3n) is 5.41. The molecule has 0 aliphatic heterocycles. The van der Waals surface area contributed by atoms with Gasteiger partial charge in [-0.2, -0.15) is 5.26 Å². The molecule has 1 aliphatic rings. The molecule has 4 amide bonds. The van der Waals surface area contributed by atoms with Gasteiger partial charge in [0.05, 0.1) is 34.8 Å². The lowest BCUT2D eigenvalue weighted by Gasteiger charge is -2.17. The summed E-state index contributed by atoms with van der Waals surface area (Å²) in [6.07, 6.45) is 7.95. The van der Waals surface area contributed by atoms with Gasteiger partial charge < -0.3 is 31.5 Å². The molecule has 6 N–H and O–H groups in total. The Morgan fingerprint density at radius 2 is 1.85 bits per heavy atom. The van der Waals surface area contributed by atoms with E-state index in [2.05, 4.69) is 21.3 Å². The van der Waals surface area contributed by atoms with Gasteiger partial charge in [0.25, 0.3) is 11.8 Å². The SMILES string of the molecule is N#CC1=CC=CC(NC(=O)NC[C@H](NC(=O)c2ccc(C(=O)NCc3cccc(O)c3)cc2Cl)C(=O)O)C=C1. The van der Waals surface area contributed by atoms with Gasteiger partial charge in [0, 0.05) is 12.1 Å². The molecule has 1 aliphatic carbocycles. The lowest BCUT2D eigenvalue weighted by atomic mass is 10.1. The molecule has 0 heterocycles. The van der Waals surface area contributed by atoms with E-state index in [-0.39, 0.29) is 28.4 Å². The number of hydrogen-bond donors (Lipinski definition) is 6. The Hall–Kier alpha value is -5.08. The number of hydrogen-bond acceptors (Lipinski definition) is 6. The zero-order valence-corrected chi connectivity index (χ0v) is 21.1. The highest BCUT2D eigenvalue weighted by atomic mass is 35.5. The van der Waals surface area contributed by atoms with Gasteiger partial charge in [-0.05, 0) is 48.0 Å². The van der Waals surface area contributed by atoms with E-state index < -0.39 is 42.4 Å². The van der Waals surface area contributed by atoms with Crippen molar-refractivity contribution < 1.29 is 29.4 Å². The van der Waals surface area contributed by atoms with E-state index in [1.807, 2.05) is 6.07 Å². The molecule has 12 heteroatoms. The number of halogens is 1. The van der Waals surface area contributed by atoms with Crippen LogP contribution in [0.2, 0.25) is 5.02 Å². The van der Waals surface area contributed by atoms with Crippen LogP contribution in [-0.2, 0) is 11.3 Å². The molecule has 2 aromatic carbocycles. The fourth-order valence-electron chi connectivity index (χ4n) is 3.40. The van der Waals surface area contributed by atoms with Gasteiger partial charge in [-0.15, -0.1) is 0 Å². The number of nitriles is 1. The predicted octanol–water partition coefficient (Wildman–Crippen LogP) is 2.40. The molecule has 0 fully saturated rings. The lowest BCUT2D eigenvalue weighted by Crippen LogP contribution is -2.51.